The molecule has 0 bridgehead atoms. The highest BCUT2D eigenvalue weighted by molar-refractivity contribution is 5.97. The molecule has 176 valence electrons. The van der Waals surface area contributed by atoms with Crippen molar-refractivity contribution in [3.63, 3.8) is 0 Å². The van der Waals surface area contributed by atoms with Crippen molar-refractivity contribution in [3.05, 3.63) is 64.7 Å². The number of hydrogen-bond donors (Lipinski definition) is 3. The summed E-state index contributed by atoms with van der Waals surface area (Å²) in [6.07, 6.45) is 2.74. The summed E-state index contributed by atoms with van der Waals surface area (Å²) in [6.45, 7) is 3.62. The van der Waals surface area contributed by atoms with Crippen molar-refractivity contribution in [1.82, 2.24) is 15.5 Å². The van der Waals surface area contributed by atoms with Gasteiger partial charge in [-0.25, -0.2) is 4.79 Å². The van der Waals surface area contributed by atoms with Gasteiger partial charge >= 0.3 is 6.03 Å². The van der Waals surface area contributed by atoms with Crippen LogP contribution < -0.4 is 16.0 Å². The van der Waals surface area contributed by atoms with Gasteiger partial charge in [0.05, 0.1) is 11.6 Å². The second-order valence-corrected chi connectivity index (χ2v) is 8.97. The molecule has 1 atom stereocenters. The van der Waals surface area contributed by atoms with Crippen LogP contribution in [-0.4, -0.2) is 48.4 Å². The molecule has 8 nitrogen and oxygen atoms in total. The number of hydrogen-bond acceptors (Lipinski definition) is 4. The average Bonchev–Trinajstić information content (AvgIpc) is 2.86. The fourth-order valence-corrected chi connectivity index (χ4v) is 4.52. The van der Waals surface area contributed by atoms with Crippen molar-refractivity contribution in [1.29, 1.82) is 5.26 Å². The molecule has 0 radical (unpaired) electrons. The Morgan fingerprint density at radius 2 is 1.82 bits per heavy atom. The summed E-state index contributed by atoms with van der Waals surface area (Å²) in [5, 5.41) is 17.4. The topological polar surface area (TPSA) is 114 Å². The maximum absolute atomic E-state index is 13.1. The maximum atomic E-state index is 13.1. The van der Waals surface area contributed by atoms with E-state index >= 15 is 0 Å². The Bertz CT molecular complexity index is 1100. The maximum Gasteiger partial charge on any atom is 0.319 e. The lowest BCUT2D eigenvalue weighted by molar-refractivity contribution is -0.122. The number of carbonyl (C=O) groups excluding carboxylic acids is 3. The molecule has 2 heterocycles. The van der Waals surface area contributed by atoms with E-state index in [9.17, 15) is 14.4 Å². The molecule has 3 N–H and O–H groups in total. The van der Waals surface area contributed by atoms with Gasteiger partial charge in [0.1, 0.15) is 0 Å². The summed E-state index contributed by atoms with van der Waals surface area (Å²) in [4.78, 5) is 38.8. The van der Waals surface area contributed by atoms with Gasteiger partial charge in [0.2, 0.25) is 5.91 Å². The Morgan fingerprint density at radius 3 is 2.47 bits per heavy atom. The Balaban J connectivity index is 1.34. The Labute approximate surface area is 199 Å². The highest BCUT2D eigenvalue weighted by Crippen LogP contribution is 2.29. The first kappa shape index (κ1) is 23.3. The Morgan fingerprint density at radius 1 is 1.09 bits per heavy atom. The van der Waals surface area contributed by atoms with Crippen LogP contribution >= 0.6 is 0 Å². The third-order valence-electron chi connectivity index (χ3n) is 6.63. The molecule has 0 aromatic heterocycles. The molecular weight excluding hydrogens is 430 g/mol. The van der Waals surface area contributed by atoms with Gasteiger partial charge in [0, 0.05) is 43.3 Å². The molecule has 2 fully saturated rings. The van der Waals surface area contributed by atoms with Crippen molar-refractivity contribution >= 4 is 23.5 Å². The van der Waals surface area contributed by atoms with Crippen LogP contribution in [0.4, 0.5) is 10.5 Å². The van der Waals surface area contributed by atoms with Crippen molar-refractivity contribution in [2.24, 2.45) is 0 Å². The number of likely N-dealkylation sites (tertiary alicyclic amines) is 1. The number of nitriles is 1. The zero-order valence-electron chi connectivity index (χ0n) is 19.3. The van der Waals surface area contributed by atoms with E-state index in [1.54, 1.807) is 12.1 Å². The summed E-state index contributed by atoms with van der Waals surface area (Å²) in [5.41, 5.74) is 3.86. The predicted octanol–water partition coefficient (Wildman–Crippen LogP) is 3.29. The zero-order chi connectivity index (χ0) is 24.1. The number of anilines is 1. The number of amides is 4. The number of benzene rings is 2. The second kappa shape index (κ2) is 10.4. The van der Waals surface area contributed by atoms with Crippen LogP contribution in [-0.2, 0) is 4.79 Å². The minimum Gasteiger partial charge on any atom is -0.354 e. The molecule has 0 saturated carbocycles. The molecule has 8 heteroatoms. The first-order chi connectivity index (χ1) is 16.4. The SMILES string of the molecule is Cc1ccc(C(=O)N2CCC(c3ccc(C#N)cc3)CC2)cc1NC(=O)NC1CCC(=O)NC1. The van der Waals surface area contributed by atoms with E-state index in [0.717, 1.165) is 18.4 Å². The van der Waals surface area contributed by atoms with Crippen molar-refractivity contribution in [2.45, 2.75) is 44.6 Å². The van der Waals surface area contributed by atoms with Gasteiger partial charge in [-0.2, -0.15) is 5.26 Å². The first-order valence-electron chi connectivity index (χ1n) is 11.7. The lowest BCUT2D eigenvalue weighted by Crippen LogP contribution is -2.48. The second-order valence-electron chi connectivity index (χ2n) is 8.97. The van der Waals surface area contributed by atoms with Crippen LogP contribution in [0.15, 0.2) is 42.5 Å². The molecule has 2 aromatic rings. The van der Waals surface area contributed by atoms with Crippen molar-refractivity contribution in [3.8, 4) is 6.07 Å². The van der Waals surface area contributed by atoms with Crippen LogP contribution in [0.3, 0.4) is 0 Å². The van der Waals surface area contributed by atoms with Crippen molar-refractivity contribution < 1.29 is 14.4 Å². The largest absolute Gasteiger partial charge is 0.354 e. The zero-order valence-corrected chi connectivity index (χ0v) is 19.3. The van der Waals surface area contributed by atoms with Crippen molar-refractivity contribution in [2.75, 3.05) is 25.0 Å². The molecule has 34 heavy (non-hydrogen) atoms. The van der Waals surface area contributed by atoms with Crippen LogP contribution in [0, 0.1) is 18.3 Å². The molecule has 0 aliphatic carbocycles. The minimum absolute atomic E-state index is 0.00135. The minimum atomic E-state index is -0.350. The number of aryl methyl sites for hydroxylation is 1. The van der Waals surface area contributed by atoms with Gasteiger partial charge in [-0.1, -0.05) is 18.2 Å². The average molecular weight is 460 g/mol. The standard InChI is InChI=1S/C26H29N5O3/c1-17-2-5-21(14-23(17)30-26(34)29-22-8-9-24(32)28-16-22)25(33)31-12-10-20(11-13-31)19-6-3-18(15-27)4-7-19/h2-7,14,20,22H,8-13,16H2,1H3,(H,28,32)(H2,29,30,34). The lowest BCUT2D eigenvalue weighted by Gasteiger charge is -2.32. The molecular formula is C26H29N5O3. The number of rotatable bonds is 4. The number of nitrogens with one attached hydrogen (secondary N) is 3. The van der Waals surface area contributed by atoms with Gasteiger partial charge in [-0.15, -0.1) is 0 Å². The third-order valence-corrected chi connectivity index (χ3v) is 6.63. The molecule has 4 rings (SSSR count). The van der Waals surface area contributed by atoms with E-state index in [0.29, 0.717) is 55.2 Å². The molecule has 4 amide bonds. The van der Waals surface area contributed by atoms with Gasteiger partial charge in [-0.3, -0.25) is 9.59 Å². The van der Waals surface area contributed by atoms with E-state index in [1.807, 2.05) is 42.2 Å². The highest BCUT2D eigenvalue weighted by Gasteiger charge is 2.25. The van der Waals surface area contributed by atoms with E-state index in [-0.39, 0.29) is 23.9 Å². The van der Waals surface area contributed by atoms with Crippen LogP contribution in [0.2, 0.25) is 0 Å². The predicted molar refractivity (Wildman–Crippen MR) is 128 cm³/mol. The van der Waals surface area contributed by atoms with Crippen LogP contribution in [0.5, 0.6) is 0 Å². The Hall–Kier alpha value is -3.86. The Kier molecular flexibility index (Phi) is 7.12. The summed E-state index contributed by atoms with van der Waals surface area (Å²) < 4.78 is 0. The van der Waals surface area contributed by atoms with E-state index in [2.05, 4.69) is 22.0 Å². The summed E-state index contributed by atoms with van der Waals surface area (Å²) in [7, 11) is 0. The summed E-state index contributed by atoms with van der Waals surface area (Å²) in [5.74, 6) is 0.332. The number of nitrogens with zero attached hydrogens (tertiary/aromatic N) is 2. The summed E-state index contributed by atoms with van der Waals surface area (Å²) in [6, 6.07) is 14.7. The molecule has 2 aliphatic rings. The molecule has 2 saturated heterocycles. The highest BCUT2D eigenvalue weighted by atomic mass is 16.2. The molecule has 0 spiro atoms. The number of carbonyl (C=O) groups is 3. The monoisotopic (exact) mass is 459 g/mol. The number of piperidine rings is 2. The molecule has 2 aliphatic heterocycles. The number of urea groups is 1. The quantitative estimate of drug-likeness (QED) is 0.651. The first-order valence-corrected chi connectivity index (χ1v) is 11.7. The fraction of sp³-hybridized carbons (Fsp3) is 0.385. The lowest BCUT2D eigenvalue weighted by atomic mass is 9.89. The summed E-state index contributed by atoms with van der Waals surface area (Å²) >= 11 is 0. The van der Waals surface area contributed by atoms with E-state index < -0.39 is 0 Å². The van der Waals surface area contributed by atoms with E-state index in [1.165, 1.54) is 5.56 Å². The van der Waals surface area contributed by atoms with Crippen LogP contribution in [0.1, 0.15) is 58.6 Å². The molecule has 2 aromatic carbocycles. The van der Waals surface area contributed by atoms with Gasteiger partial charge in [0.15, 0.2) is 0 Å². The van der Waals surface area contributed by atoms with Gasteiger partial charge in [0.25, 0.3) is 5.91 Å². The molecule has 1 unspecified atom stereocenters. The van der Waals surface area contributed by atoms with E-state index in [4.69, 9.17) is 5.26 Å². The normalized spacial score (nSPS) is 18.5. The fourth-order valence-electron chi connectivity index (χ4n) is 4.52. The third kappa shape index (κ3) is 5.54. The smallest absolute Gasteiger partial charge is 0.319 e. The van der Waals surface area contributed by atoms with Crippen LogP contribution in [0.25, 0.3) is 0 Å². The van der Waals surface area contributed by atoms with Gasteiger partial charge < -0.3 is 20.9 Å². The van der Waals surface area contributed by atoms with Gasteiger partial charge in [-0.05, 0) is 67.5 Å².